The molecular formula is C7H12N2O3S. The molecule has 0 unspecified atom stereocenters. The average molecular weight is 204 g/mol. The molecule has 1 heterocycles. The number of thiocarbonyl (C=S) groups is 1. The van der Waals surface area contributed by atoms with Gasteiger partial charge in [-0.2, -0.15) is 0 Å². The molecule has 1 saturated heterocycles. The Labute approximate surface area is 81.7 Å². The fourth-order valence-electron chi connectivity index (χ4n) is 0.955. The maximum atomic E-state index is 10.9. The van der Waals surface area contributed by atoms with Crippen molar-refractivity contribution in [3.63, 3.8) is 0 Å². The van der Waals surface area contributed by atoms with Crippen LogP contribution in [0.25, 0.3) is 0 Å². The van der Waals surface area contributed by atoms with Gasteiger partial charge >= 0.3 is 6.09 Å². The van der Waals surface area contributed by atoms with Crippen LogP contribution in [0.1, 0.15) is 6.92 Å². The summed E-state index contributed by atoms with van der Waals surface area (Å²) in [5, 5.41) is 11.7. The van der Waals surface area contributed by atoms with Crippen molar-refractivity contribution in [1.82, 2.24) is 10.2 Å². The number of amides is 1. The van der Waals surface area contributed by atoms with E-state index < -0.39 is 6.09 Å². The maximum absolute atomic E-state index is 10.9. The molecule has 74 valence electrons. The van der Waals surface area contributed by atoms with Crippen LogP contribution in [0.3, 0.4) is 0 Å². The van der Waals surface area contributed by atoms with Crippen molar-refractivity contribution >= 4 is 23.4 Å². The number of nitrogens with one attached hydrogen (secondary N) is 1. The highest BCUT2D eigenvalue weighted by atomic mass is 32.1. The van der Waals surface area contributed by atoms with Crippen LogP contribution in [-0.4, -0.2) is 47.0 Å². The average Bonchev–Trinajstić information content (AvgIpc) is 1.99. The van der Waals surface area contributed by atoms with Gasteiger partial charge in [-0.05, 0) is 19.1 Å². The van der Waals surface area contributed by atoms with Gasteiger partial charge in [-0.25, -0.2) is 4.79 Å². The molecule has 0 aliphatic carbocycles. The van der Waals surface area contributed by atoms with E-state index in [-0.39, 0.29) is 6.10 Å². The Bertz CT molecular complexity index is 216. The van der Waals surface area contributed by atoms with Gasteiger partial charge in [0, 0.05) is 13.1 Å². The second-order valence-electron chi connectivity index (χ2n) is 2.71. The van der Waals surface area contributed by atoms with Gasteiger partial charge in [0.15, 0.2) is 5.11 Å². The van der Waals surface area contributed by atoms with Crippen molar-refractivity contribution in [3.8, 4) is 0 Å². The SMILES string of the molecule is CCOC(=O)NC(=S)N1CC(O)C1. The molecule has 0 aromatic heterocycles. The monoisotopic (exact) mass is 204 g/mol. The highest BCUT2D eigenvalue weighted by Gasteiger charge is 2.27. The zero-order valence-electron chi connectivity index (χ0n) is 7.32. The standard InChI is InChI=1S/C7H12N2O3S/c1-2-12-7(11)8-6(13)9-3-5(10)4-9/h5,10H,2-4H2,1H3,(H,8,11,13). The number of rotatable bonds is 1. The number of aliphatic hydroxyl groups is 1. The number of ether oxygens (including phenoxy) is 1. The molecule has 2 N–H and O–H groups in total. The molecule has 1 amide bonds. The summed E-state index contributed by atoms with van der Waals surface area (Å²) >= 11 is 4.87. The van der Waals surface area contributed by atoms with Crippen molar-refractivity contribution in [2.45, 2.75) is 13.0 Å². The van der Waals surface area contributed by atoms with E-state index in [2.05, 4.69) is 10.1 Å². The van der Waals surface area contributed by atoms with E-state index in [9.17, 15) is 4.79 Å². The molecule has 6 heteroatoms. The van der Waals surface area contributed by atoms with Crippen LogP contribution in [0.5, 0.6) is 0 Å². The quantitative estimate of drug-likeness (QED) is 0.574. The normalized spacial score (nSPS) is 16.3. The van der Waals surface area contributed by atoms with Crippen LogP contribution in [0.15, 0.2) is 0 Å². The molecule has 0 bridgehead atoms. The van der Waals surface area contributed by atoms with Gasteiger partial charge in [0.1, 0.15) is 0 Å². The Morgan fingerprint density at radius 1 is 1.77 bits per heavy atom. The largest absolute Gasteiger partial charge is 0.450 e. The summed E-state index contributed by atoms with van der Waals surface area (Å²) in [6, 6.07) is 0. The van der Waals surface area contributed by atoms with Crippen LogP contribution in [0.2, 0.25) is 0 Å². The molecule has 0 saturated carbocycles. The zero-order chi connectivity index (χ0) is 9.84. The second kappa shape index (κ2) is 4.38. The number of hydrogen-bond donors (Lipinski definition) is 2. The fourth-order valence-corrected chi connectivity index (χ4v) is 1.19. The summed E-state index contributed by atoms with van der Waals surface area (Å²) in [6.45, 7) is 2.99. The fraction of sp³-hybridized carbons (Fsp3) is 0.714. The van der Waals surface area contributed by atoms with E-state index in [0.29, 0.717) is 24.8 Å². The summed E-state index contributed by atoms with van der Waals surface area (Å²) in [5.74, 6) is 0. The van der Waals surface area contributed by atoms with Gasteiger partial charge < -0.3 is 14.7 Å². The minimum absolute atomic E-state index is 0.309. The van der Waals surface area contributed by atoms with Gasteiger partial charge in [-0.3, -0.25) is 5.32 Å². The van der Waals surface area contributed by atoms with E-state index in [1.807, 2.05) is 0 Å². The van der Waals surface area contributed by atoms with Crippen LogP contribution < -0.4 is 5.32 Å². The predicted octanol–water partition coefficient (Wildman–Crippen LogP) is -0.306. The minimum atomic E-state index is -0.547. The first-order chi connectivity index (χ1) is 6.13. The number of carbonyl (C=O) groups is 1. The van der Waals surface area contributed by atoms with Crippen LogP contribution in [0.4, 0.5) is 4.79 Å². The third-order valence-corrected chi connectivity index (χ3v) is 1.99. The minimum Gasteiger partial charge on any atom is -0.450 e. The van der Waals surface area contributed by atoms with E-state index in [0.717, 1.165) is 0 Å². The number of aliphatic hydroxyl groups excluding tert-OH is 1. The first kappa shape index (κ1) is 10.2. The molecule has 0 aromatic rings. The number of carbonyl (C=O) groups excluding carboxylic acids is 1. The highest BCUT2D eigenvalue weighted by molar-refractivity contribution is 7.80. The molecule has 0 radical (unpaired) electrons. The van der Waals surface area contributed by atoms with Crippen LogP contribution in [-0.2, 0) is 4.74 Å². The first-order valence-electron chi connectivity index (χ1n) is 4.04. The Morgan fingerprint density at radius 2 is 2.38 bits per heavy atom. The lowest BCUT2D eigenvalue weighted by Gasteiger charge is -2.37. The topological polar surface area (TPSA) is 61.8 Å². The number of β-amino-alcohol motifs (C(OH)–C–C–N with tert-alkyl or cyclic N) is 1. The number of alkyl carbamates (subject to hydrolysis) is 1. The molecule has 1 aliphatic heterocycles. The van der Waals surface area contributed by atoms with E-state index in [1.54, 1.807) is 11.8 Å². The summed E-state index contributed by atoms with van der Waals surface area (Å²) in [4.78, 5) is 12.6. The Morgan fingerprint density at radius 3 is 2.85 bits per heavy atom. The summed E-state index contributed by atoms with van der Waals surface area (Å²) in [5.41, 5.74) is 0. The molecule has 0 aromatic carbocycles. The van der Waals surface area contributed by atoms with Crippen LogP contribution >= 0.6 is 12.2 Å². The van der Waals surface area contributed by atoms with Crippen molar-refractivity contribution < 1.29 is 14.6 Å². The third-order valence-electron chi connectivity index (χ3n) is 1.63. The predicted molar refractivity (Wildman–Crippen MR) is 50.3 cm³/mol. The van der Waals surface area contributed by atoms with Crippen molar-refractivity contribution in [3.05, 3.63) is 0 Å². The number of hydrogen-bond acceptors (Lipinski definition) is 4. The summed E-state index contributed by atoms with van der Waals surface area (Å²) < 4.78 is 4.63. The third kappa shape index (κ3) is 2.82. The Hall–Kier alpha value is -0.880. The highest BCUT2D eigenvalue weighted by Crippen LogP contribution is 2.06. The number of likely N-dealkylation sites (tertiary alicyclic amines) is 1. The van der Waals surface area contributed by atoms with Gasteiger partial charge in [-0.15, -0.1) is 0 Å². The van der Waals surface area contributed by atoms with Crippen molar-refractivity contribution in [1.29, 1.82) is 0 Å². The zero-order valence-corrected chi connectivity index (χ0v) is 8.13. The lowest BCUT2D eigenvalue weighted by molar-refractivity contribution is 0.0458. The van der Waals surface area contributed by atoms with E-state index in [4.69, 9.17) is 17.3 Å². The van der Waals surface area contributed by atoms with E-state index in [1.165, 1.54) is 0 Å². The Balaban J connectivity index is 2.21. The Kier molecular flexibility index (Phi) is 3.44. The lowest BCUT2D eigenvalue weighted by atomic mass is 10.2. The van der Waals surface area contributed by atoms with Gasteiger partial charge in [-0.1, -0.05) is 0 Å². The molecule has 5 nitrogen and oxygen atoms in total. The van der Waals surface area contributed by atoms with E-state index >= 15 is 0 Å². The van der Waals surface area contributed by atoms with Crippen molar-refractivity contribution in [2.24, 2.45) is 0 Å². The van der Waals surface area contributed by atoms with Crippen LogP contribution in [0, 0.1) is 0 Å². The summed E-state index contributed by atoms with van der Waals surface area (Å²) in [7, 11) is 0. The van der Waals surface area contributed by atoms with Crippen molar-refractivity contribution in [2.75, 3.05) is 19.7 Å². The maximum Gasteiger partial charge on any atom is 0.413 e. The van der Waals surface area contributed by atoms with Gasteiger partial charge in [0.25, 0.3) is 0 Å². The molecule has 0 spiro atoms. The molecular weight excluding hydrogens is 192 g/mol. The lowest BCUT2D eigenvalue weighted by Crippen LogP contribution is -2.57. The first-order valence-corrected chi connectivity index (χ1v) is 4.45. The molecule has 1 fully saturated rings. The molecule has 1 rings (SSSR count). The van der Waals surface area contributed by atoms with Gasteiger partial charge in [0.2, 0.25) is 0 Å². The second-order valence-corrected chi connectivity index (χ2v) is 3.10. The smallest absolute Gasteiger partial charge is 0.413 e. The number of nitrogens with zero attached hydrogens (tertiary/aromatic N) is 1. The summed E-state index contributed by atoms with van der Waals surface area (Å²) in [6.07, 6.45) is -0.879. The molecule has 0 atom stereocenters. The molecule has 13 heavy (non-hydrogen) atoms. The molecule has 1 aliphatic rings. The van der Waals surface area contributed by atoms with Gasteiger partial charge in [0.05, 0.1) is 12.7 Å².